The number of carbonyl (C=O) groups excluding carboxylic acids is 1. The number of ether oxygens (including phenoxy) is 2. The smallest absolute Gasteiger partial charge is 0.375 e. The third-order valence-electron chi connectivity index (χ3n) is 4.31. The zero-order chi connectivity index (χ0) is 19.7. The van der Waals surface area contributed by atoms with Crippen molar-refractivity contribution in [2.24, 2.45) is 15.0 Å². The molecular weight excluding hydrogens is 397 g/mol. The molecule has 7 nitrogen and oxygen atoms in total. The monoisotopic (exact) mass is 413 g/mol. The topological polar surface area (TPSA) is 81.8 Å². The Morgan fingerprint density at radius 2 is 1.89 bits per heavy atom. The molecule has 2 atom stereocenters. The largest absolute Gasteiger partial charge is 0.497 e. The van der Waals surface area contributed by atoms with E-state index in [1.54, 1.807) is 13.3 Å². The fourth-order valence-electron chi connectivity index (χ4n) is 2.87. The molecule has 0 fully saturated rings. The van der Waals surface area contributed by atoms with Gasteiger partial charge in [-0.15, -0.1) is 0 Å². The number of hydrogen-bond donors (Lipinski definition) is 0. The van der Waals surface area contributed by atoms with E-state index in [-0.39, 0.29) is 5.84 Å². The second-order valence-corrected chi connectivity index (χ2v) is 9.98. The average Bonchev–Trinajstić information content (AvgIpc) is 3.16. The van der Waals surface area contributed by atoms with E-state index in [4.69, 9.17) is 25.8 Å². The molecule has 0 saturated carbocycles. The van der Waals surface area contributed by atoms with Crippen LogP contribution in [0.4, 0.5) is 0 Å². The lowest BCUT2D eigenvalue weighted by Crippen LogP contribution is -2.26. The first-order valence-corrected chi connectivity index (χ1v) is 11.2. The minimum atomic E-state index is -2.85. The van der Waals surface area contributed by atoms with Crippen LogP contribution in [0.25, 0.3) is 0 Å². The first-order chi connectivity index (χ1) is 13.5. The summed E-state index contributed by atoms with van der Waals surface area (Å²) in [4.78, 5) is 25.2. The second-order valence-electron chi connectivity index (χ2n) is 5.97. The highest BCUT2D eigenvalue weighted by Crippen LogP contribution is 2.54. The van der Waals surface area contributed by atoms with E-state index in [2.05, 4.69) is 15.0 Å². The van der Waals surface area contributed by atoms with Gasteiger partial charge in [0.25, 0.3) is 0 Å². The predicted octanol–water partition coefficient (Wildman–Crippen LogP) is 2.54. The molecule has 142 valence electrons. The van der Waals surface area contributed by atoms with E-state index in [1.165, 1.54) is 7.11 Å². The molecule has 28 heavy (non-hydrogen) atoms. The normalized spacial score (nSPS) is 22.6. The van der Waals surface area contributed by atoms with Crippen LogP contribution >= 0.6 is 6.26 Å². The number of benzene rings is 2. The Balaban J connectivity index is 1.89. The summed E-state index contributed by atoms with van der Waals surface area (Å²) in [5.41, 5.74) is 0.776. The fourth-order valence-corrected chi connectivity index (χ4v) is 6.10. The molecule has 2 heterocycles. The van der Waals surface area contributed by atoms with Crippen molar-refractivity contribution in [1.82, 2.24) is 0 Å². The molecule has 2 aromatic rings. The van der Waals surface area contributed by atoms with Crippen LogP contribution in [0.1, 0.15) is 5.56 Å². The Kier molecular flexibility index (Phi) is 4.83. The van der Waals surface area contributed by atoms with E-state index in [0.717, 1.165) is 10.9 Å². The van der Waals surface area contributed by atoms with Gasteiger partial charge in [0.2, 0.25) is 5.84 Å². The van der Waals surface area contributed by atoms with Crippen LogP contribution < -0.4 is 14.6 Å². The molecular formula is C19H16N3O4PS. The molecule has 0 radical (unpaired) electrons. The third-order valence-corrected chi connectivity index (χ3v) is 8.24. The van der Waals surface area contributed by atoms with Gasteiger partial charge >= 0.3 is 5.97 Å². The van der Waals surface area contributed by atoms with Gasteiger partial charge in [0, 0.05) is 17.1 Å². The highest BCUT2D eigenvalue weighted by molar-refractivity contribution is 8.16. The molecule has 2 aliphatic rings. The summed E-state index contributed by atoms with van der Waals surface area (Å²) in [6.07, 6.45) is -1.21. The summed E-state index contributed by atoms with van der Waals surface area (Å²) in [6.45, 7) is 0. The van der Waals surface area contributed by atoms with Gasteiger partial charge in [-0.25, -0.2) is 19.8 Å². The van der Waals surface area contributed by atoms with Gasteiger partial charge in [0.05, 0.1) is 14.2 Å². The van der Waals surface area contributed by atoms with E-state index in [0.29, 0.717) is 17.3 Å². The number of esters is 1. The van der Waals surface area contributed by atoms with Crippen molar-refractivity contribution in [2.75, 3.05) is 14.2 Å². The summed E-state index contributed by atoms with van der Waals surface area (Å²) in [6, 6.07) is 14.8. The molecule has 2 unspecified atom stereocenters. The van der Waals surface area contributed by atoms with Crippen LogP contribution in [0.3, 0.4) is 0 Å². The predicted molar refractivity (Wildman–Crippen MR) is 112 cm³/mol. The Labute approximate surface area is 166 Å². The van der Waals surface area contributed by atoms with Gasteiger partial charge in [-0.1, -0.05) is 12.1 Å². The SMILES string of the molecule is COC(=O)C1=NC2C(=N1)N=Cc1ccccc1OP2(=S)c1ccc(OC)cc1. The molecule has 0 N–H and O–H groups in total. The Hall–Kier alpha value is -2.83. The van der Waals surface area contributed by atoms with Crippen LogP contribution in [0, 0.1) is 0 Å². The molecule has 0 bridgehead atoms. The minimum Gasteiger partial charge on any atom is -0.497 e. The van der Waals surface area contributed by atoms with Crippen molar-refractivity contribution >= 4 is 47.2 Å². The maximum Gasteiger partial charge on any atom is 0.375 e. The Morgan fingerprint density at radius 1 is 1.14 bits per heavy atom. The van der Waals surface area contributed by atoms with E-state index < -0.39 is 18.0 Å². The lowest BCUT2D eigenvalue weighted by Gasteiger charge is -2.29. The molecule has 9 heteroatoms. The molecule has 0 amide bonds. The second kappa shape index (κ2) is 7.30. The summed E-state index contributed by atoms with van der Waals surface area (Å²) >= 11 is 6.07. The van der Waals surface area contributed by atoms with E-state index >= 15 is 0 Å². The van der Waals surface area contributed by atoms with Crippen LogP contribution in [-0.4, -0.2) is 43.9 Å². The fraction of sp³-hybridized carbons (Fsp3) is 0.158. The zero-order valence-electron chi connectivity index (χ0n) is 15.1. The maximum atomic E-state index is 12.0. The van der Waals surface area contributed by atoms with Gasteiger partial charge in [0.15, 0.2) is 17.9 Å². The highest BCUT2D eigenvalue weighted by atomic mass is 32.4. The molecule has 0 spiro atoms. The summed E-state index contributed by atoms with van der Waals surface area (Å²) in [5, 5.41) is 0.780. The van der Waals surface area contributed by atoms with Crippen LogP contribution in [-0.2, 0) is 21.3 Å². The van der Waals surface area contributed by atoms with Crippen LogP contribution in [0.15, 0.2) is 63.5 Å². The number of aliphatic imine (C=N–C) groups is 3. The number of nitrogens with zero attached hydrogens (tertiary/aromatic N) is 3. The summed E-state index contributed by atoms with van der Waals surface area (Å²) < 4.78 is 16.4. The Bertz CT molecular complexity index is 1080. The van der Waals surface area contributed by atoms with Crippen molar-refractivity contribution in [2.45, 2.75) is 5.78 Å². The molecule has 0 aliphatic carbocycles. The number of amidine groups is 2. The molecule has 2 aliphatic heterocycles. The first-order valence-electron chi connectivity index (χ1n) is 8.37. The van der Waals surface area contributed by atoms with Gasteiger partial charge in [-0.3, -0.25) is 0 Å². The van der Waals surface area contributed by atoms with Crippen molar-refractivity contribution in [3.8, 4) is 11.5 Å². The first kappa shape index (κ1) is 18.5. The van der Waals surface area contributed by atoms with E-state index in [1.807, 2.05) is 48.5 Å². The molecule has 4 rings (SSSR count). The zero-order valence-corrected chi connectivity index (χ0v) is 16.8. The quantitative estimate of drug-likeness (QED) is 0.571. The lowest BCUT2D eigenvalue weighted by molar-refractivity contribution is -0.132. The van der Waals surface area contributed by atoms with Crippen molar-refractivity contribution in [3.63, 3.8) is 0 Å². The summed E-state index contributed by atoms with van der Waals surface area (Å²) in [5.74, 6) is 0.282. The molecule has 2 aromatic carbocycles. The van der Waals surface area contributed by atoms with E-state index in [9.17, 15) is 4.79 Å². The molecule has 0 saturated heterocycles. The summed E-state index contributed by atoms with van der Waals surface area (Å²) in [7, 11) is 2.88. The number of para-hydroxylation sites is 1. The van der Waals surface area contributed by atoms with Gasteiger partial charge in [-0.2, -0.15) is 0 Å². The van der Waals surface area contributed by atoms with Crippen molar-refractivity contribution in [3.05, 3.63) is 54.1 Å². The average molecular weight is 413 g/mol. The Morgan fingerprint density at radius 3 is 2.61 bits per heavy atom. The number of methoxy groups -OCH3 is 2. The standard InChI is InChI=1S/C19H16N3O4PS/c1-24-13-7-9-14(10-8-13)27(28)18-16(21-17(22-18)19(23)25-2)20-11-12-5-3-4-6-15(12)26-27/h3-11,18H,1-2H3. The van der Waals surface area contributed by atoms with Gasteiger partial charge in [-0.05, 0) is 48.2 Å². The third kappa shape index (κ3) is 3.15. The number of rotatable bonds is 3. The van der Waals surface area contributed by atoms with Gasteiger partial charge in [0.1, 0.15) is 11.5 Å². The highest BCUT2D eigenvalue weighted by Gasteiger charge is 2.42. The lowest BCUT2D eigenvalue weighted by atomic mass is 10.2. The van der Waals surface area contributed by atoms with Crippen molar-refractivity contribution < 1.29 is 18.8 Å². The van der Waals surface area contributed by atoms with Crippen LogP contribution in [0.2, 0.25) is 0 Å². The maximum absolute atomic E-state index is 12.0. The number of carbonyl (C=O) groups is 1. The van der Waals surface area contributed by atoms with Crippen molar-refractivity contribution in [1.29, 1.82) is 0 Å². The van der Waals surface area contributed by atoms with Gasteiger partial charge < -0.3 is 14.0 Å². The number of fused-ring (bicyclic) bond motifs is 2. The number of hydrogen-bond acceptors (Lipinski definition) is 8. The van der Waals surface area contributed by atoms with Crippen LogP contribution in [0.5, 0.6) is 11.5 Å². The molecule has 0 aromatic heterocycles. The minimum absolute atomic E-state index is 0.0584.